The fourth-order valence-corrected chi connectivity index (χ4v) is 4.35. The lowest BCUT2D eigenvalue weighted by Gasteiger charge is -2.50. The van der Waals surface area contributed by atoms with Crippen molar-refractivity contribution in [1.82, 2.24) is 4.90 Å². The van der Waals surface area contributed by atoms with Gasteiger partial charge in [0.2, 0.25) is 0 Å². The highest BCUT2D eigenvalue weighted by molar-refractivity contribution is 5.80. The van der Waals surface area contributed by atoms with Gasteiger partial charge in [-0.1, -0.05) is 24.6 Å². The van der Waals surface area contributed by atoms with Gasteiger partial charge in [0.05, 0.1) is 6.61 Å². The summed E-state index contributed by atoms with van der Waals surface area (Å²) in [7, 11) is 0. The molecule has 0 saturated carbocycles. The quantitative estimate of drug-likeness (QED) is 0.786. The van der Waals surface area contributed by atoms with Crippen LogP contribution in [0, 0.1) is 0 Å². The summed E-state index contributed by atoms with van der Waals surface area (Å²) in [5.41, 5.74) is 1.32. The van der Waals surface area contributed by atoms with Crippen molar-refractivity contribution in [2.24, 2.45) is 0 Å². The Bertz CT molecular complexity index is 511. The molecule has 20 heavy (non-hydrogen) atoms. The highest BCUT2D eigenvalue weighted by Crippen LogP contribution is 2.44. The third-order valence-corrected chi connectivity index (χ3v) is 5.13. The van der Waals surface area contributed by atoms with Gasteiger partial charge >= 0.3 is 0 Å². The average molecular weight is 271 g/mol. The molecule has 0 radical (unpaired) electrons. The van der Waals surface area contributed by atoms with Crippen molar-refractivity contribution in [3.63, 3.8) is 0 Å². The normalized spacial score (nSPS) is 33.4. The zero-order valence-electron chi connectivity index (χ0n) is 11.8. The van der Waals surface area contributed by atoms with E-state index in [1.165, 1.54) is 24.8 Å². The third kappa shape index (κ3) is 1.96. The van der Waals surface area contributed by atoms with Gasteiger partial charge in [-0.05, 0) is 18.9 Å². The molecular weight excluding hydrogens is 250 g/mol. The number of carbonyl (C=O) groups is 1. The molecular formula is C17H21NO2. The zero-order chi connectivity index (χ0) is 13.5. The van der Waals surface area contributed by atoms with E-state index in [1.54, 1.807) is 0 Å². The largest absolute Gasteiger partial charge is 0.493 e. The molecule has 0 aromatic heterocycles. The maximum Gasteiger partial charge on any atom is 0.136 e. The van der Waals surface area contributed by atoms with Crippen molar-refractivity contribution in [3.05, 3.63) is 29.8 Å². The van der Waals surface area contributed by atoms with Gasteiger partial charge in [-0.25, -0.2) is 0 Å². The second kappa shape index (κ2) is 4.88. The van der Waals surface area contributed by atoms with Crippen LogP contribution in [0.15, 0.2) is 24.3 Å². The van der Waals surface area contributed by atoms with Gasteiger partial charge in [0, 0.05) is 43.0 Å². The van der Waals surface area contributed by atoms with Gasteiger partial charge in [0.15, 0.2) is 0 Å². The Labute approximate surface area is 119 Å². The van der Waals surface area contributed by atoms with Gasteiger partial charge in [0.1, 0.15) is 11.5 Å². The highest BCUT2D eigenvalue weighted by Gasteiger charge is 2.42. The first-order valence-corrected chi connectivity index (χ1v) is 7.84. The van der Waals surface area contributed by atoms with Crippen LogP contribution >= 0.6 is 0 Å². The summed E-state index contributed by atoms with van der Waals surface area (Å²) in [4.78, 5) is 14.6. The first kappa shape index (κ1) is 12.4. The second-order valence-electron chi connectivity index (χ2n) is 6.32. The van der Waals surface area contributed by atoms with Crippen LogP contribution in [0.1, 0.15) is 50.1 Å². The molecule has 2 fully saturated rings. The van der Waals surface area contributed by atoms with Crippen LogP contribution in [0.25, 0.3) is 0 Å². The molecule has 4 rings (SSSR count). The van der Waals surface area contributed by atoms with Gasteiger partial charge in [-0.15, -0.1) is 0 Å². The van der Waals surface area contributed by atoms with Gasteiger partial charge in [-0.3, -0.25) is 9.69 Å². The number of rotatable bonds is 1. The van der Waals surface area contributed by atoms with Crippen molar-refractivity contribution >= 4 is 5.78 Å². The molecule has 3 nitrogen and oxygen atoms in total. The topological polar surface area (TPSA) is 29.5 Å². The van der Waals surface area contributed by atoms with Crippen molar-refractivity contribution in [2.75, 3.05) is 6.61 Å². The number of fused-ring (bicyclic) bond motifs is 3. The summed E-state index contributed by atoms with van der Waals surface area (Å²) in [5.74, 6) is 1.51. The molecule has 0 N–H and O–H groups in total. The number of Topliss-reactive ketones (excluding diaryl/α,β-unsaturated/α-hetero) is 1. The smallest absolute Gasteiger partial charge is 0.136 e. The minimum atomic E-state index is 0.448. The van der Waals surface area contributed by atoms with Gasteiger partial charge < -0.3 is 4.74 Å². The number of benzene rings is 1. The first-order valence-electron chi connectivity index (χ1n) is 7.84. The van der Waals surface area contributed by atoms with Gasteiger partial charge in [-0.2, -0.15) is 0 Å². The Hall–Kier alpha value is -1.35. The Morgan fingerprint density at radius 3 is 2.60 bits per heavy atom. The van der Waals surface area contributed by atoms with Crippen molar-refractivity contribution in [1.29, 1.82) is 0 Å². The van der Waals surface area contributed by atoms with E-state index in [1.807, 2.05) is 6.07 Å². The maximum atomic E-state index is 11.9. The predicted octanol–water partition coefficient (Wildman–Crippen LogP) is 3.10. The molecule has 3 heterocycles. The van der Waals surface area contributed by atoms with E-state index >= 15 is 0 Å². The molecule has 0 amide bonds. The molecule has 3 atom stereocenters. The number of piperidine rings is 2. The fraction of sp³-hybridized carbons (Fsp3) is 0.588. The van der Waals surface area contributed by atoms with E-state index in [9.17, 15) is 4.79 Å². The Kier molecular flexibility index (Phi) is 3.03. The standard InChI is InChI=1S/C17H21NO2/c19-14-10-12-4-3-5-13(11-14)18(12)16-8-9-20-17-7-2-1-6-15(16)17/h1-2,6-7,12-13,16H,3-5,8-11H2. The Morgan fingerprint density at radius 1 is 1.05 bits per heavy atom. The summed E-state index contributed by atoms with van der Waals surface area (Å²) >= 11 is 0. The lowest BCUT2D eigenvalue weighted by Crippen LogP contribution is -2.54. The highest BCUT2D eigenvalue weighted by atomic mass is 16.5. The number of hydrogen-bond donors (Lipinski definition) is 0. The molecule has 3 aliphatic rings. The molecule has 1 aromatic carbocycles. The summed E-state index contributed by atoms with van der Waals surface area (Å²) in [5, 5.41) is 0. The van der Waals surface area contributed by atoms with E-state index in [4.69, 9.17) is 4.74 Å². The number of ketones is 1. The van der Waals surface area contributed by atoms with Gasteiger partial charge in [0.25, 0.3) is 0 Å². The molecule has 0 aliphatic carbocycles. The second-order valence-corrected chi connectivity index (χ2v) is 6.32. The zero-order valence-corrected chi connectivity index (χ0v) is 11.8. The molecule has 2 saturated heterocycles. The van der Waals surface area contributed by atoms with Crippen LogP contribution in [0.3, 0.4) is 0 Å². The molecule has 1 aromatic rings. The summed E-state index contributed by atoms with van der Waals surface area (Å²) in [6.45, 7) is 0.797. The number of nitrogens with zero attached hydrogens (tertiary/aromatic N) is 1. The minimum Gasteiger partial charge on any atom is -0.493 e. The van der Waals surface area contributed by atoms with E-state index in [-0.39, 0.29) is 0 Å². The molecule has 3 unspecified atom stereocenters. The molecule has 2 bridgehead atoms. The Morgan fingerprint density at radius 2 is 1.80 bits per heavy atom. The summed E-state index contributed by atoms with van der Waals surface area (Å²) in [6, 6.07) is 9.80. The van der Waals surface area contributed by atoms with Crippen LogP contribution in [0.4, 0.5) is 0 Å². The van der Waals surface area contributed by atoms with E-state index < -0.39 is 0 Å². The van der Waals surface area contributed by atoms with Crippen molar-refractivity contribution in [3.8, 4) is 5.75 Å². The average Bonchev–Trinajstić information content (AvgIpc) is 2.46. The minimum absolute atomic E-state index is 0.448. The summed E-state index contributed by atoms with van der Waals surface area (Å²) in [6.07, 6.45) is 6.22. The number of hydrogen-bond acceptors (Lipinski definition) is 3. The lowest BCUT2D eigenvalue weighted by molar-refractivity contribution is -0.129. The van der Waals surface area contributed by atoms with E-state index in [0.717, 1.165) is 31.6 Å². The number of carbonyl (C=O) groups excluding carboxylic acids is 1. The number of ether oxygens (including phenoxy) is 1. The molecule has 0 spiro atoms. The molecule has 3 aliphatic heterocycles. The van der Waals surface area contributed by atoms with Crippen LogP contribution in [0.5, 0.6) is 5.75 Å². The van der Waals surface area contributed by atoms with Crippen molar-refractivity contribution < 1.29 is 9.53 Å². The van der Waals surface area contributed by atoms with Crippen LogP contribution < -0.4 is 4.74 Å². The SMILES string of the molecule is O=C1CC2CCCC(C1)N2C1CCOc2ccccc21. The maximum absolute atomic E-state index is 11.9. The first-order chi connectivity index (χ1) is 9.83. The fourth-order valence-electron chi connectivity index (χ4n) is 4.35. The molecule has 106 valence electrons. The third-order valence-electron chi connectivity index (χ3n) is 5.13. The van der Waals surface area contributed by atoms with Crippen molar-refractivity contribution in [2.45, 2.75) is 56.7 Å². The van der Waals surface area contributed by atoms with E-state index in [0.29, 0.717) is 23.9 Å². The molecule has 3 heteroatoms. The van der Waals surface area contributed by atoms with Crippen LogP contribution in [-0.2, 0) is 4.79 Å². The Balaban J connectivity index is 1.69. The van der Waals surface area contributed by atoms with Crippen LogP contribution in [-0.4, -0.2) is 29.4 Å². The van der Waals surface area contributed by atoms with E-state index in [2.05, 4.69) is 23.1 Å². The predicted molar refractivity (Wildman–Crippen MR) is 76.8 cm³/mol. The van der Waals surface area contributed by atoms with Crippen LogP contribution in [0.2, 0.25) is 0 Å². The number of para-hydroxylation sites is 1. The lowest BCUT2D eigenvalue weighted by atomic mass is 9.80. The summed E-state index contributed by atoms with van der Waals surface area (Å²) < 4.78 is 5.79. The monoisotopic (exact) mass is 271 g/mol.